The lowest BCUT2D eigenvalue weighted by Gasteiger charge is -2.11. The Morgan fingerprint density at radius 1 is 1.28 bits per heavy atom. The fraction of sp³-hybridized carbons (Fsp3) is 0.286. The standard InChI is InChI=1S/C14H17N3O/c1-10-4-5-11(2)13(6-10)18-14-12(7-15-3)8-16-9-17-14/h4-6,8-9,15H,7H2,1-3H3. The summed E-state index contributed by atoms with van der Waals surface area (Å²) in [6.07, 6.45) is 3.27. The van der Waals surface area contributed by atoms with Gasteiger partial charge in [0.2, 0.25) is 5.88 Å². The summed E-state index contributed by atoms with van der Waals surface area (Å²) in [6.45, 7) is 4.75. The van der Waals surface area contributed by atoms with Crippen molar-refractivity contribution in [2.75, 3.05) is 7.05 Å². The van der Waals surface area contributed by atoms with E-state index in [1.54, 1.807) is 6.20 Å². The Labute approximate surface area is 107 Å². The highest BCUT2D eigenvalue weighted by molar-refractivity contribution is 5.39. The largest absolute Gasteiger partial charge is 0.438 e. The molecule has 0 saturated heterocycles. The highest BCUT2D eigenvalue weighted by Crippen LogP contribution is 2.26. The Morgan fingerprint density at radius 2 is 2.11 bits per heavy atom. The minimum Gasteiger partial charge on any atom is -0.438 e. The van der Waals surface area contributed by atoms with Gasteiger partial charge in [0.05, 0.1) is 0 Å². The summed E-state index contributed by atoms with van der Waals surface area (Å²) in [5.41, 5.74) is 3.20. The third-order valence-corrected chi connectivity index (χ3v) is 2.66. The van der Waals surface area contributed by atoms with Crippen LogP contribution < -0.4 is 10.1 Å². The fourth-order valence-corrected chi connectivity index (χ4v) is 1.67. The molecule has 0 atom stereocenters. The quantitative estimate of drug-likeness (QED) is 0.896. The Hall–Kier alpha value is -1.94. The molecule has 0 bridgehead atoms. The van der Waals surface area contributed by atoms with E-state index in [9.17, 15) is 0 Å². The number of hydrogen-bond acceptors (Lipinski definition) is 4. The lowest BCUT2D eigenvalue weighted by molar-refractivity contribution is 0.449. The first kappa shape index (κ1) is 12.5. The molecule has 4 nitrogen and oxygen atoms in total. The predicted molar refractivity (Wildman–Crippen MR) is 70.8 cm³/mol. The molecule has 0 aliphatic carbocycles. The van der Waals surface area contributed by atoms with Crippen LogP contribution in [0.3, 0.4) is 0 Å². The molecular formula is C14H17N3O. The minimum atomic E-state index is 0.605. The van der Waals surface area contributed by atoms with Crippen molar-refractivity contribution in [2.45, 2.75) is 20.4 Å². The highest BCUT2D eigenvalue weighted by atomic mass is 16.5. The Kier molecular flexibility index (Phi) is 3.89. The van der Waals surface area contributed by atoms with Crippen molar-refractivity contribution in [3.63, 3.8) is 0 Å². The van der Waals surface area contributed by atoms with Crippen LogP contribution in [-0.2, 0) is 6.54 Å². The molecule has 1 heterocycles. The van der Waals surface area contributed by atoms with Gasteiger partial charge in [0, 0.05) is 18.3 Å². The van der Waals surface area contributed by atoms with Gasteiger partial charge in [-0.3, -0.25) is 0 Å². The van der Waals surface area contributed by atoms with Crippen LogP contribution in [0.5, 0.6) is 11.6 Å². The van der Waals surface area contributed by atoms with Crippen LogP contribution >= 0.6 is 0 Å². The van der Waals surface area contributed by atoms with Crippen LogP contribution in [0.1, 0.15) is 16.7 Å². The third-order valence-electron chi connectivity index (χ3n) is 2.66. The summed E-state index contributed by atoms with van der Waals surface area (Å²) in [4.78, 5) is 8.20. The van der Waals surface area contributed by atoms with E-state index < -0.39 is 0 Å². The molecule has 0 saturated carbocycles. The van der Waals surface area contributed by atoms with E-state index in [2.05, 4.69) is 21.4 Å². The molecule has 0 amide bonds. The van der Waals surface area contributed by atoms with Gasteiger partial charge in [0.15, 0.2) is 0 Å². The lowest BCUT2D eigenvalue weighted by Crippen LogP contribution is -2.07. The van der Waals surface area contributed by atoms with Gasteiger partial charge in [-0.05, 0) is 38.1 Å². The number of aryl methyl sites for hydroxylation is 2. The van der Waals surface area contributed by atoms with Gasteiger partial charge in [0.1, 0.15) is 12.1 Å². The molecule has 0 radical (unpaired) electrons. The predicted octanol–water partition coefficient (Wildman–Crippen LogP) is 2.61. The molecule has 18 heavy (non-hydrogen) atoms. The first-order valence-corrected chi connectivity index (χ1v) is 5.89. The molecule has 1 aromatic heterocycles. The second-order valence-electron chi connectivity index (χ2n) is 4.25. The molecular weight excluding hydrogens is 226 g/mol. The first-order chi connectivity index (χ1) is 8.70. The van der Waals surface area contributed by atoms with Gasteiger partial charge in [-0.25, -0.2) is 9.97 Å². The van der Waals surface area contributed by atoms with Crippen LogP contribution in [0.4, 0.5) is 0 Å². The van der Waals surface area contributed by atoms with Crippen molar-refractivity contribution in [3.05, 3.63) is 47.4 Å². The van der Waals surface area contributed by atoms with Gasteiger partial charge < -0.3 is 10.1 Å². The summed E-state index contributed by atoms with van der Waals surface area (Å²) < 4.78 is 5.88. The number of aromatic nitrogens is 2. The molecule has 94 valence electrons. The van der Waals surface area contributed by atoms with E-state index in [1.165, 1.54) is 11.9 Å². The molecule has 1 N–H and O–H groups in total. The number of hydrogen-bond donors (Lipinski definition) is 1. The van der Waals surface area contributed by atoms with E-state index in [-0.39, 0.29) is 0 Å². The average Bonchev–Trinajstić information content (AvgIpc) is 2.36. The van der Waals surface area contributed by atoms with E-state index in [0.717, 1.165) is 16.9 Å². The highest BCUT2D eigenvalue weighted by Gasteiger charge is 2.08. The molecule has 0 aliphatic rings. The Balaban J connectivity index is 2.30. The number of rotatable bonds is 4. The molecule has 0 fully saturated rings. The Bertz CT molecular complexity index is 540. The monoisotopic (exact) mass is 243 g/mol. The van der Waals surface area contributed by atoms with Gasteiger partial charge in [-0.2, -0.15) is 0 Å². The zero-order valence-electron chi connectivity index (χ0n) is 10.9. The maximum Gasteiger partial charge on any atom is 0.226 e. The topological polar surface area (TPSA) is 47.0 Å². The number of nitrogens with zero attached hydrogens (tertiary/aromatic N) is 2. The maximum atomic E-state index is 5.88. The van der Waals surface area contributed by atoms with Crippen molar-refractivity contribution < 1.29 is 4.74 Å². The normalized spacial score (nSPS) is 10.4. The number of nitrogens with one attached hydrogen (secondary N) is 1. The van der Waals surface area contributed by atoms with Crippen molar-refractivity contribution in [3.8, 4) is 11.6 Å². The summed E-state index contributed by atoms with van der Waals surface area (Å²) in [5.74, 6) is 1.44. The van der Waals surface area contributed by atoms with Crippen LogP contribution in [0.15, 0.2) is 30.7 Å². The lowest BCUT2D eigenvalue weighted by atomic mass is 10.1. The molecule has 0 spiro atoms. The van der Waals surface area contributed by atoms with Crippen LogP contribution in [0.2, 0.25) is 0 Å². The zero-order valence-corrected chi connectivity index (χ0v) is 10.9. The molecule has 2 aromatic rings. The van der Waals surface area contributed by atoms with Gasteiger partial charge in [-0.1, -0.05) is 12.1 Å². The number of ether oxygens (including phenoxy) is 1. The second kappa shape index (κ2) is 5.60. The fourth-order valence-electron chi connectivity index (χ4n) is 1.67. The van der Waals surface area contributed by atoms with E-state index in [1.807, 2.05) is 33.0 Å². The van der Waals surface area contributed by atoms with Crippen molar-refractivity contribution in [2.24, 2.45) is 0 Å². The molecule has 0 aliphatic heterocycles. The van der Waals surface area contributed by atoms with E-state index in [0.29, 0.717) is 12.4 Å². The Morgan fingerprint density at radius 3 is 2.89 bits per heavy atom. The summed E-state index contributed by atoms with van der Waals surface area (Å²) >= 11 is 0. The van der Waals surface area contributed by atoms with Crippen molar-refractivity contribution in [1.82, 2.24) is 15.3 Å². The molecule has 1 aromatic carbocycles. The minimum absolute atomic E-state index is 0.605. The summed E-state index contributed by atoms with van der Waals surface area (Å²) in [6, 6.07) is 6.13. The van der Waals surface area contributed by atoms with E-state index >= 15 is 0 Å². The van der Waals surface area contributed by atoms with Crippen LogP contribution in [0, 0.1) is 13.8 Å². The SMILES string of the molecule is CNCc1cncnc1Oc1cc(C)ccc1C. The van der Waals surface area contributed by atoms with Gasteiger partial charge in [-0.15, -0.1) is 0 Å². The second-order valence-corrected chi connectivity index (χ2v) is 4.25. The van der Waals surface area contributed by atoms with E-state index in [4.69, 9.17) is 4.74 Å². The first-order valence-electron chi connectivity index (χ1n) is 5.89. The third kappa shape index (κ3) is 2.84. The summed E-state index contributed by atoms with van der Waals surface area (Å²) in [7, 11) is 1.88. The van der Waals surface area contributed by atoms with Gasteiger partial charge in [0.25, 0.3) is 0 Å². The zero-order chi connectivity index (χ0) is 13.0. The van der Waals surface area contributed by atoms with Gasteiger partial charge >= 0.3 is 0 Å². The summed E-state index contributed by atoms with van der Waals surface area (Å²) in [5, 5.41) is 3.08. The molecule has 2 rings (SSSR count). The van der Waals surface area contributed by atoms with Crippen LogP contribution in [0.25, 0.3) is 0 Å². The number of benzene rings is 1. The molecule has 4 heteroatoms. The van der Waals surface area contributed by atoms with Crippen LogP contribution in [-0.4, -0.2) is 17.0 Å². The smallest absolute Gasteiger partial charge is 0.226 e. The van der Waals surface area contributed by atoms with Crippen molar-refractivity contribution >= 4 is 0 Å². The maximum absolute atomic E-state index is 5.88. The van der Waals surface area contributed by atoms with Crippen molar-refractivity contribution in [1.29, 1.82) is 0 Å². The molecule has 0 unspecified atom stereocenters. The average molecular weight is 243 g/mol.